The molecule has 1 saturated carbocycles. The molecule has 0 spiro atoms. The topological polar surface area (TPSA) is 31.4 Å². The summed E-state index contributed by atoms with van der Waals surface area (Å²) < 4.78 is 11.1. The summed E-state index contributed by atoms with van der Waals surface area (Å²) in [6, 6.07) is 10.3. The second-order valence-electron chi connectivity index (χ2n) is 6.03. The van der Waals surface area contributed by atoms with Crippen molar-refractivity contribution in [1.29, 1.82) is 0 Å². The van der Waals surface area contributed by atoms with Gasteiger partial charge in [-0.25, -0.2) is 4.98 Å². The van der Waals surface area contributed by atoms with Crippen LogP contribution in [0, 0.1) is 0 Å². The average molecular weight is 343 g/mol. The Morgan fingerprint density at radius 3 is 2.50 bits per heavy atom. The van der Waals surface area contributed by atoms with Gasteiger partial charge in [-0.15, -0.1) is 11.8 Å². The van der Waals surface area contributed by atoms with E-state index in [4.69, 9.17) is 9.47 Å². The van der Waals surface area contributed by atoms with E-state index in [0.29, 0.717) is 11.9 Å². The molecule has 1 heterocycles. The molecule has 0 radical (unpaired) electrons. The summed E-state index contributed by atoms with van der Waals surface area (Å²) in [4.78, 5) is 5.74. The highest BCUT2D eigenvalue weighted by Gasteiger charge is 2.20. The van der Waals surface area contributed by atoms with Crippen molar-refractivity contribution in [2.24, 2.45) is 0 Å². The minimum Gasteiger partial charge on any atom is -0.497 e. The maximum absolute atomic E-state index is 5.82. The van der Waals surface area contributed by atoms with E-state index in [1.807, 2.05) is 37.0 Å². The van der Waals surface area contributed by atoms with Gasteiger partial charge >= 0.3 is 0 Å². The van der Waals surface area contributed by atoms with Crippen LogP contribution in [-0.2, 0) is 0 Å². The van der Waals surface area contributed by atoms with E-state index in [1.165, 1.54) is 37.0 Å². The molecule has 1 aliphatic carbocycles. The zero-order valence-corrected chi connectivity index (χ0v) is 15.3. The maximum atomic E-state index is 5.82. The number of aromatic nitrogens is 1. The minimum atomic E-state index is 0.619. The molecular weight excluding hydrogens is 318 g/mol. The lowest BCUT2D eigenvalue weighted by molar-refractivity contribution is 0.327. The van der Waals surface area contributed by atoms with E-state index >= 15 is 0 Å². The Morgan fingerprint density at radius 2 is 1.83 bits per heavy atom. The summed E-state index contributed by atoms with van der Waals surface area (Å²) in [5.74, 6) is 1.59. The summed E-state index contributed by atoms with van der Waals surface area (Å²) in [6.45, 7) is 2.62. The lowest BCUT2D eigenvalue weighted by Crippen LogP contribution is -2.08. The summed E-state index contributed by atoms with van der Waals surface area (Å²) >= 11 is 1.98. The molecule has 0 unspecified atom stereocenters. The van der Waals surface area contributed by atoms with Crippen molar-refractivity contribution in [2.45, 2.75) is 49.2 Å². The number of methoxy groups -OCH3 is 1. The molecular formula is C20H25NO2S. The van der Waals surface area contributed by atoms with Crippen molar-refractivity contribution >= 4 is 11.8 Å². The second kappa shape index (κ2) is 8.43. The number of thioether (sulfide) groups is 1. The maximum Gasteiger partial charge on any atom is 0.222 e. The molecule has 0 aliphatic heterocycles. The number of nitrogens with zero attached hydrogens (tertiary/aromatic N) is 1. The van der Waals surface area contributed by atoms with E-state index in [-0.39, 0.29) is 0 Å². The molecule has 3 nitrogen and oxygen atoms in total. The standard InChI is InChI=1S/C20H25NO2S/c1-3-23-20-19(15-9-11-16(22-2)12-10-15)18(13-14-21-20)24-17-7-5-4-6-8-17/h9-14,17H,3-8H2,1-2H3. The number of ether oxygens (including phenoxy) is 2. The largest absolute Gasteiger partial charge is 0.497 e. The lowest BCUT2D eigenvalue weighted by atomic mass is 10.0. The molecule has 1 aliphatic rings. The van der Waals surface area contributed by atoms with Crippen LogP contribution in [0.3, 0.4) is 0 Å². The van der Waals surface area contributed by atoms with Crippen LogP contribution in [0.4, 0.5) is 0 Å². The molecule has 128 valence electrons. The van der Waals surface area contributed by atoms with Crippen LogP contribution in [-0.4, -0.2) is 24.0 Å². The van der Waals surface area contributed by atoms with Crippen molar-refractivity contribution in [3.05, 3.63) is 36.5 Å². The van der Waals surface area contributed by atoms with Crippen LogP contribution in [0.2, 0.25) is 0 Å². The molecule has 0 atom stereocenters. The van der Waals surface area contributed by atoms with Crippen molar-refractivity contribution in [1.82, 2.24) is 4.98 Å². The molecule has 1 fully saturated rings. The normalized spacial score (nSPS) is 15.2. The summed E-state index contributed by atoms with van der Waals surface area (Å²) in [5.41, 5.74) is 2.24. The number of hydrogen-bond donors (Lipinski definition) is 0. The smallest absolute Gasteiger partial charge is 0.222 e. The fraction of sp³-hybridized carbons (Fsp3) is 0.450. The Bertz CT molecular complexity index is 651. The first kappa shape index (κ1) is 17.2. The van der Waals surface area contributed by atoms with E-state index in [2.05, 4.69) is 23.2 Å². The average Bonchev–Trinajstić information content (AvgIpc) is 2.63. The lowest BCUT2D eigenvalue weighted by Gasteiger charge is -2.23. The van der Waals surface area contributed by atoms with Crippen LogP contribution in [0.1, 0.15) is 39.0 Å². The first-order chi connectivity index (χ1) is 11.8. The molecule has 2 aromatic rings. The Labute approximate surface area is 148 Å². The van der Waals surface area contributed by atoms with Gasteiger partial charge < -0.3 is 9.47 Å². The fourth-order valence-corrected chi connectivity index (χ4v) is 4.55. The SMILES string of the molecule is CCOc1nccc(SC2CCCCC2)c1-c1ccc(OC)cc1. The number of hydrogen-bond acceptors (Lipinski definition) is 4. The van der Waals surface area contributed by atoms with Gasteiger partial charge in [-0.2, -0.15) is 0 Å². The third-order valence-electron chi connectivity index (χ3n) is 4.38. The predicted molar refractivity (Wildman–Crippen MR) is 100 cm³/mol. The molecule has 1 aromatic carbocycles. The summed E-state index contributed by atoms with van der Waals surface area (Å²) in [5, 5.41) is 0.702. The van der Waals surface area contributed by atoms with Gasteiger partial charge in [0.05, 0.1) is 19.3 Å². The predicted octanol–water partition coefficient (Wildman–Crippen LogP) is 5.58. The zero-order valence-electron chi connectivity index (χ0n) is 14.5. The van der Waals surface area contributed by atoms with Crippen LogP contribution in [0.25, 0.3) is 11.1 Å². The van der Waals surface area contributed by atoms with Gasteiger partial charge in [0.25, 0.3) is 0 Å². The molecule has 0 amide bonds. The highest BCUT2D eigenvalue weighted by molar-refractivity contribution is 8.00. The molecule has 0 bridgehead atoms. The van der Waals surface area contributed by atoms with Gasteiger partial charge in [-0.05, 0) is 43.5 Å². The second-order valence-corrected chi connectivity index (χ2v) is 7.37. The van der Waals surface area contributed by atoms with E-state index < -0.39 is 0 Å². The van der Waals surface area contributed by atoms with Gasteiger partial charge in [0.2, 0.25) is 5.88 Å². The Balaban J connectivity index is 1.95. The van der Waals surface area contributed by atoms with Crippen LogP contribution in [0.15, 0.2) is 41.4 Å². The van der Waals surface area contributed by atoms with Gasteiger partial charge in [0.1, 0.15) is 5.75 Å². The third-order valence-corrected chi connectivity index (χ3v) is 5.78. The van der Waals surface area contributed by atoms with Gasteiger partial charge in [-0.3, -0.25) is 0 Å². The molecule has 24 heavy (non-hydrogen) atoms. The first-order valence-electron chi connectivity index (χ1n) is 8.74. The Kier molecular flexibility index (Phi) is 6.02. The molecule has 3 rings (SSSR count). The van der Waals surface area contributed by atoms with E-state index in [9.17, 15) is 0 Å². The molecule has 0 saturated heterocycles. The first-order valence-corrected chi connectivity index (χ1v) is 9.62. The number of rotatable bonds is 6. The van der Waals surface area contributed by atoms with Crippen LogP contribution >= 0.6 is 11.8 Å². The quantitative estimate of drug-likeness (QED) is 0.685. The van der Waals surface area contributed by atoms with E-state index in [0.717, 1.165) is 22.8 Å². The van der Waals surface area contributed by atoms with Gasteiger partial charge in [0.15, 0.2) is 0 Å². The monoisotopic (exact) mass is 343 g/mol. The van der Waals surface area contributed by atoms with Crippen LogP contribution < -0.4 is 9.47 Å². The van der Waals surface area contributed by atoms with Crippen molar-refractivity contribution in [2.75, 3.05) is 13.7 Å². The summed E-state index contributed by atoms with van der Waals surface area (Å²) in [7, 11) is 1.69. The van der Waals surface area contributed by atoms with Gasteiger partial charge in [0, 0.05) is 16.3 Å². The third kappa shape index (κ3) is 4.04. The van der Waals surface area contributed by atoms with Crippen molar-refractivity contribution < 1.29 is 9.47 Å². The Hall–Kier alpha value is -1.68. The van der Waals surface area contributed by atoms with Crippen molar-refractivity contribution in [3.63, 3.8) is 0 Å². The number of pyridine rings is 1. The van der Waals surface area contributed by atoms with Crippen LogP contribution in [0.5, 0.6) is 11.6 Å². The summed E-state index contributed by atoms with van der Waals surface area (Å²) in [6.07, 6.45) is 8.54. The fourth-order valence-electron chi connectivity index (χ4n) is 3.16. The zero-order chi connectivity index (χ0) is 16.8. The Morgan fingerprint density at radius 1 is 1.08 bits per heavy atom. The van der Waals surface area contributed by atoms with Crippen molar-refractivity contribution in [3.8, 4) is 22.8 Å². The highest BCUT2D eigenvalue weighted by atomic mass is 32.2. The molecule has 0 N–H and O–H groups in total. The van der Waals surface area contributed by atoms with E-state index in [1.54, 1.807) is 7.11 Å². The molecule has 4 heteroatoms. The van der Waals surface area contributed by atoms with Gasteiger partial charge in [-0.1, -0.05) is 31.4 Å². The highest BCUT2D eigenvalue weighted by Crippen LogP contribution is 2.42. The molecule has 1 aromatic heterocycles. The number of benzene rings is 1. The minimum absolute atomic E-state index is 0.619.